The molecule has 0 unspecified atom stereocenters. The van der Waals surface area contributed by atoms with Gasteiger partial charge in [0.1, 0.15) is 0 Å². The molecule has 0 fully saturated rings. The lowest BCUT2D eigenvalue weighted by molar-refractivity contribution is -0.139. The fraction of sp³-hybridized carbons (Fsp3) is 0.424. The predicted molar refractivity (Wildman–Crippen MR) is 150 cm³/mol. The van der Waals surface area contributed by atoms with Crippen molar-refractivity contribution in [2.24, 2.45) is 0 Å². The zero-order chi connectivity index (χ0) is 26.0. The number of hydrogen-bond donors (Lipinski definition) is 0. The molecule has 0 bridgehead atoms. The van der Waals surface area contributed by atoms with Crippen LogP contribution in [-0.2, 0) is 27.8 Å². The smallest absolute Gasteiger partial charge is 0.309 e. The predicted octanol–water partition coefficient (Wildman–Crippen LogP) is 8.77. The Bertz CT molecular complexity index is 1090. The third-order valence-electron chi connectivity index (χ3n) is 7.24. The van der Waals surface area contributed by atoms with E-state index in [1.807, 2.05) is 26.0 Å². The van der Waals surface area contributed by atoms with Gasteiger partial charge in [0, 0.05) is 5.41 Å². The molecule has 0 heterocycles. The van der Waals surface area contributed by atoms with Crippen LogP contribution in [0.1, 0.15) is 87.3 Å². The lowest BCUT2D eigenvalue weighted by atomic mass is 9.69. The van der Waals surface area contributed by atoms with Crippen LogP contribution in [0.2, 0.25) is 0 Å². The van der Waals surface area contributed by atoms with Gasteiger partial charge in [-0.05, 0) is 77.6 Å². The molecule has 35 heavy (non-hydrogen) atoms. The average Bonchev–Trinajstić information content (AvgIpc) is 2.88. The van der Waals surface area contributed by atoms with Crippen molar-refractivity contribution in [3.8, 4) is 11.1 Å². The lowest BCUT2D eigenvalue weighted by Crippen LogP contribution is -2.26. The zero-order valence-electron chi connectivity index (χ0n) is 23.1. The summed E-state index contributed by atoms with van der Waals surface area (Å²) in [6, 6.07) is 22.3. The molecule has 0 radical (unpaired) electrons. The maximum absolute atomic E-state index is 11.5. The fourth-order valence-corrected chi connectivity index (χ4v) is 5.10. The summed E-state index contributed by atoms with van der Waals surface area (Å²) in [6.07, 6.45) is 4.76. The molecule has 2 heteroatoms. The highest BCUT2D eigenvalue weighted by Gasteiger charge is 2.31. The van der Waals surface area contributed by atoms with Gasteiger partial charge in [0.05, 0.1) is 13.5 Å². The van der Waals surface area contributed by atoms with Crippen molar-refractivity contribution in [2.45, 2.75) is 86.0 Å². The second-order valence-corrected chi connectivity index (χ2v) is 9.16. The minimum absolute atomic E-state index is 0.0170. The highest BCUT2D eigenvalue weighted by molar-refractivity contribution is 5.73. The van der Waals surface area contributed by atoms with E-state index in [1.54, 1.807) is 0 Å². The monoisotopic (exact) mass is 472 g/mol. The van der Waals surface area contributed by atoms with E-state index in [9.17, 15) is 4.79 Å². The van der Waals surface area contributed by atoms with Crippen LogP contribution in [0.4, 0.5) is 0 Å². The number of carbonyl (C=O) groups is 1. The molecular formula is C33H44O2. The third-order valence-corrected chi connectivity index (χ3v) is 7.24. The molecule has 3 aromatic carbocycles. The van der Waals surface area contributed by atoms with Crippen LogP contribution in [0.25, 0.3) is 11.1 Å². The maximum Gasteiger partial charge on any atom is 0.309 e. The fourth-order valence-electron chi connectivity index (χ4n) is 5.10. The molecule has 0 N–H and O–H groups in total. The maximum atomic E-state index is 11.5. The molecule has 0 aliphatic carbocycles. The van der Waals surface area contributed by atoms with Gasteiger partial charge in [0.15, 0.2) is 0 Å². The number of ether oxygens (including phenoxy) is 1. The number of esters is 1. The number of benzene rings is 3. The van der Waals surface area contributed by atoms with E-state index < -0.39 is 0 Å². The molecule has 0 aliphatic rings. The Morgan fingerprint density at radius 1 is 0.800 bits per heavy atom. The Hall–Kier alpha value is -2.87. The molecule has 188 valence electrons. The summed E-state index contributed by atoms with van der Waals surface area (Å²) in [6.45, 7) is 15.3. The van der Waals surface area contributed by atoms with Crippen LogP contribution < -0.4 is 0 Å². The van der Waals surface area contributed by atoms with E-state index in [1.165, 1.54) is 52.5 Å². The lowest BCUT2D eigenvalue weighted by Gasteiger charge is -2.34. The first-order valence-electron chi connectivity index (χ1n) is 13.3. The zero-order valence-corrected chi connectivity index (χ0v) is 23.1. The SMILES string of the molecule is CC.CCCc1ccc(C(CC)(CC)c2ccc(-c3ccc(CC(=O)OC)cc3)c(C)c2)cc1C. The van der Waals surface area contributed by atoms with E-state index in [-0.39, 0.29) is 11.4 Å². The molecule has 0 spiro atoms. The van der Waals surface area contributed by atoms with Crippen molar-refractivity contribution >= 4 is 5.97 Å². The van der Waals surface area contributed by atoms with E-state index in [0.717, 1.165) is 24.8 Å². The summed E-state index contributed by atoms with van der Waals surface area (Å²) in [5.41, 5.74) is 10.3. The Morgan fingerprint density at radius 2 is 1.37 bits per heavy atom. The second-order valence-electron chi connectivity index (χ2n) is 9.16. The van der Waals surface area contributed by atoms with Crippen LogP contribution in [-0.4, -0.2) is 13.1 Å². The molecule has 0 atom stereocenters. The molecule has 2 nitrogen and oxygen atoms in total. The average molecular weight is 473 g/mol. The van der Waals surface area contributed by atoms with Crippen molar-refractivity contribution in [1.29, 1.82) is 0 Å². The van der Waals surface area contributed by atoms with E-state index in [4.69, 9.17) is 4.74 Å². The van der Waals surface area contributed by atoms with Gasteiger partial charge in [-0.2, -0.15) is 0 Å². The molecule has 0 amide bonds. The number of hydrogen-bond acceptors (Lipinski definition) is 2. The quantitative estimate of drug-likeness (QED) is 0.291. The topological polar surface area (TPSA) is 26.3 Å². The summed E-state index contributed by atoms with van der Waals surface area (Å²) in [4.78, 5) is 11.5. The first kappa shape index (κ1) is 28.4. The van der Waals surface area contributed by atoms with Crippen LogP contribution in [0.5, 0.6) is 0 Å². The van der Waals surface area contributed by atoms with Crippen molar-refractivity contribution in [3.05, 3.63) is 94.0 Å². The van der Waals surface area contributed by atoms with Crippen LogP contribution in [0.15, 0.2) is 60.7 Å². The first-order valence-corrected chi connectivity index (χ1v) is 13.3. The Labute approximate surface area is 213 Å². The van der Waals surface area contributed by atoms with Crippen molar-refractivity contribution in [2.75, 3.05) is 7.11 Å². The summed E-state index contributed by atoms with van der Waals surface area (Å²) in [5.74, 6) is -0.211. The molecule has 0 saturated heterocycles. The van der Waals surface area contributed by atoms with E-state index >= 15 is 0 Å². The number of aryl methyl sites for hydroxylation is 3. The minimum atomic E-state index is -0.211. The summed E-state index contributed by atoms with van der Waals surface area (Å²) in [5, 5.41) is 0. The Kier molecular flexibility index (Phi) is 10.8. The van der Waals surface area contributed by atoms with Crippen LogP contribution in [0, 0.1) is 13.8 Å². The Morgan fingerprint density at radius 3 is 1.86 bits per heavy atom. The standard InChI is InChI=1S/C31H38O2.C2H6/c1-7-10-25-15-16-27(19-22(25)4)31(8-2,9-3)28-17-18-29(23(5)20-28)26-13-11-24(12-14-26)21-30(32)33-6;1-2/h11-20H,7-10,21H2,1-6H3;1-2H3. The van der Waals surface area contributed by atoms with Crippen molar-refractivity contribution in [3.63, 3.8) is 0 Å². The van der Waals surface area contributed by atoms with Gasteiger partial charge in [-0.25, -0.2) is 0 Å². The molecule has 0 aromatic heterocycles. The molecule has 3 aromatic rings. The number of rotatable bonds is 9. The van der Waals surface area contributed by atoms with Crippen LogP contribution in [0.3, 0.4) is 0 Å². The Balaban J connectivity index is 0.00000210. The van der Waals surface area contributed by atoms with Gasteiger partial charge in [0.25, 0.3) is 0 Å². The van der Waals surface area contributed by atoms with Gasteiger partial charge in [-0.1, -0.05) is 102 Å². The summed E-state index contributed by atoms with van der Waals surface area (Å²) < 4.78 is 4.78. The molecule has 0 aliphatic heterocycles. The van der Waals surface area contributed by atoms with Crippen molar-refractivity contribution in [1.82, 2.24) is 0 Å². The molecular weight excluding hydrogens is 428 g/mol. The highest BCUT2D eigenvalue weighted by atomic mass is 16.5. The third kappa shape index (κ3) is 6.42. The van der Waals surface area contributed by atoms with Gasteiger partial charge in [-0.15, -0.1) is 0 Å². The normalized spacial score (nSPS) is 11.0. The van der Waals surface area contributed by atoms with Gasteiger partial charge >= 0.3 is 5.97 Å². The van der Waals surface area contributed by atoms with Gasteiger partial charge in [0.2, 0.25) is 0 Å². The van der Waals surface area contributed by atoms with Crippen LogP contribution >= 0.6 is 0 Å². The van der Waals surface area contributed by atoms with Crippen molar-refractivity contribution < 1.29 is 9.53 Å². The van der Waals surface area contributed by atoms with E-state index in [2.05, 4.69) is 83.1 Å². The minimum Gasteiger partial charge on any atom is -0.469 e. The number of carbonyl (C=O) groups excluding carboxylic acids is 1. The first-order chi connectivity index (χ1) is 16.9. The number of methoxy groups -OCH3 is 1. The van der Waals surface area contributed by atoms with E-state index in [0.29, 0.717) is 6.42 Å². The molecule has 3 rings (SSSR count). The largest absolute Gasteiger partial charge is 0.469 e. The summed E-state index contributed by atoms with van der Waals surface area (Å²) in [7, 11) is 1.43. The highest BCUT2D eigenvalue weighted by Crippen LogP contribution is 2.41. The molecule has 0 saturated carbocycles. The second kappa shape index (κ2) is 13.3. The summed E-state index contributed by atoms with van der Waals surface area (Å²) >= 11 is 0. The van der Waals surface area contributed by atoms with Gasteiger partial charge < -0.3 is 4.74 Å². The van der Waals surface area contributed by atoms with Gasteiger partial charge in [-0.3, -0.25) is 4.79 Å².